The largest absolute Gasteiger partial charge is 0.394 e. The number of nitrogens with one attached hydrogen (secondary N) is 2. The summed E-state index contributed by atoms with van der Waals surface area (Å²) in [5.74, 6) is 0.229. The van der Waals surface area contributed by atoms with Gasteiger partial charge in [0.1, 0.15) is 0 Å². The molecule has 0 bridgehead atoms. The molecule has 0 saturated carbocycles. The topological polar surface area (TPSA) is 87.4 Å². The van der Waals surface area contributed by atoms with Gasteiger partial charge in [0, 0.05) is 30.6 Å². The van der Waals surface area contributed by atoms with Gasteiger partial charge < -0.3 is 15.7 Å². The van der Waals surface area contributed by atoms with Crippen molar-refractivity contribution in [2.24, 2.45) is 5.92 Å². The van der Waals surface area contributed by atoms with Gasteiger partial charge in [-0.2, -0.15) is 0 Å². The molecule has 1 aromatic rings. The Morgan fingerprint density at radius 1 is 1.33 bits per heavy atom. The van der Waals surface area contributed by atoms with Crippen molar-refractivity contribution in [1.29, 1.82) is 0 Å². The Morgan fingerprint density at radius 2 is 1.94 bits per heavy atom. The molecule has 0 heterocycles. The first kappa shape index (κ1) is 14.2. The van der Waals surface area contributed by atoms with Gasteiger partial charge in [-0.15, -0.1) is 0 Å². The van der Waals surface area contributed by atoms with Crippen LogP contribution in [-0.4, -0.2) is 29.7 Å². The first-order valence-electron chi connectivity index (χ1n) is 5.82. The maximum absolute atomic E-state index is 10.8. The molecule has 0 radical (unpaired) electrons. The van der Waals surface area contributed by atoms with Crippen molar-refractivity contribution in [3.8, 4) is 0 Å². The van der Waals surface area contributed by atoms with E-state index in [1.807, 2.05) is 13.8 Å². The van der Waals surface area contributed by atoms with E-state index in [-0.39, 0.29) is 24.3 Å². The minimum Gasteiger partial charge on any atom is -0.394 e. The first-order chi connectivity index (χ1) is 8.47. The summed E-state index contributed by atoms with van der Waals surface area (Å²) in [6.07, 6.45) is 0. The van der Waals surface area contributed by atoms with E-state index >= 15 is 0 Å². The summed E-state index contributed by atoms with van der Waals surface area (Å²) in [5, 5.41) is 26.0. The van der Waals surface area contributed by atoms with Gasteiger partial charge in [0.25, 0.3) is 5.69 Å². The molecule has 1 aromatic carbocycles. The zero-order valence-electron chi connectivity index (χ0n) is 10.8. The van der Waals surface area contributed by atoms with Gasteiger partial charge in [-0.1, -0.05) is 13.8 Å². The molecule has 0 fully saturated rings. The van der Waals surface area contributed by atoms with E-state index in [1.165, 1.54) is 12.1 Å². The third-order valence-electron chi connectivity index (χ3n) is 2.77. The number of benzene rings is 1. The van der Waals surface area contributed by atoms with Crippen LogP contribution in [0.4, 0.5) is 17.1 Å². The van der Waals surface area contributed by atoms with Gasteiger partial charge >= 0.3 is 0 Å². The second-order valence-electron chi connectivity index (χ2n) is 4.45. The third-order valence-corrected chi connectivity index (χ3v) is 2.77. The van der Waals surface area contributed by atoms with Gasteiger partial charge in [-0.25, -0.2) is 0 Å². The van der Waals surface area contributed by atoms with Gasteiger partial charge in [-0.3, -0.25) is 10.1 Å². The van der Waals surface area contributed by atoms with Crippen LogP contribution in [0.5, 0.6) is 0 Å². The SMILES string of the molecule is CNc1cc(N[C@H](CO)C(C)C)cc([N+](=O)[O-])c1. The first-order valence-corrected chi connectivity index (χ1v) is 5.82. The minimum atomic E-state index is -0.435. The van der Waals surface area contributed by atoms with E-state index < -0.39 is 4.92 Å². The number of hydrogen-bond acceptors (Lipinski definition) is 5. The van der Waals surface area contributed by atoms with Crippen LogP contribution in [0.15, 0.2) is 18.2 Å². The summed E-state index contributed by atoms with van der Waals surface area (Å²) in [6.45, 7) is 3.93. The van der Waals surface area contributed by atoms with Gasteiger partial charge in [0.2, 0.25) is 0 Å². The summed E-state index contributed by atoms with van der Waals surface area (Å²) in [7, 11) is 1.70. The molecular weight excluding hydrogens is 234 g/mol. The van der Waals surface area contributed by atoms with Crippen molar-refractivity contribution in [3.63, 3.8) is 0 Å². The lowest BCUT2D eigenvalue weighted by molar-refractivity contribution is -0.384. The molecule has 1 rings (SSSR count). The Morgan fingerprint density at radius 3 is 2.39 bits per heavy atom. The van der Waals surface area contributed by atoms with Crippen molar-refractivity contribution in [3.05, 3.63) is 28.3 Å². The van der Waals surface area contributed by atoms with Crippen molar-refractivity contribution in [2.75, 3.05) is 24.3 Å². The Hall–Kier alpha value is -1.82. The van der Waals surface area contributed by atoms with Crippen LogP contribution in [0.2, 0.25) is 0 Å². The molecule has 0 spiro atoms. The summed E-state index contributed by atoms with van der Waals surface area (Å²) in [4.78, 5) is 10.4. The Balaban J connectivity index is 3.00. The number of rotatable bonds is 6. The summed E-state index contributed by atoms with van der Waals surface area (Å²) in [6, 6.07) is 4.58. The third kappa shape index (κ3) is 3.59. The van der Waals surface area contributed by atoms with Crippen LogP contribution in [0.25, 0.3) is 0 Å². The predicted molar refractivity (Wildman–Crippen MR) is 72.0 cm³/mol. The fourth-order valence-corrected chi connectivity index (χ4v) is 1.58. The zero-order valence-corrected chi connectivity index (χ0v) is 10.8. The molecule has 0 aliphatic carbocycles. The van der Waals surface area contributed by atoms with E-state index in [2.05, 4.69) is 10.6 Å². The molecule has 6 nitrogen and oxygen atoms in total. The molecule has 6 heteroatoms. The lowest BCUT2D eigenvalue weighted by atomic mass is 10.0. The number of anilines is 2. The fourth-order valence-electron chi connectivity index (χ4n) is 1.58. The van der Waals surface area contributed by atoms with Gasteiger partial charge in [-0.05, 0) is 12.0 Å². The van der Waals surface area contributed by atoms with Crippen LogP contribution in [0, 0.1) is 16.0 Å². The molecule has 0 amide bonds. The molecule has 3 N–H and O–H groups in total. The van der Waals surface area contributed by atoms with Crippen LogP contribution in [-0.2, 0) is 0 Å². The molecule has 1 atom stereocenters. The van der Waals surface area contributed by atoms with Crippen molar-refractivity contribution in [1.82, 2.24) is 0 Å². The molecule has 0 saturated heterocycles. The highest BCUT2D eigenvalue weighted by molar-refractivity contribution is 5.63. The van der Waals surface area contributed by atoms with Crippen LogP contribution in [0.1, 0.15) is 13.8 Å². The lowest BCUT2D eigenvalue weighted by Gasteiger charge is -2.21. The lowest BCUT2D eigenvalue weighted by Crippen LogP contribution is -2.29. The summed E-state index contributed by atoms with van der Waals surface area (Å²) in [5.41, 5.74) is 1.30. The number of aliphatic hydroxyl groups excluding tert-OH is 1. The normalized spacial score (nSPS) is 12.3. The van der Waals surface area contributed by atoms with E-state index in [0.29, 0.717) is 11.4 Å². The molecule has 0 aliphatic heterocycles. The van der Waals surface area contributed by atoms with E-state index in [4.69, 9.17) is 0 Å². The molecule has 0 unspecified atom stereocenters. The second kappa shape index (κ2) is 6.20. The van der Waals surface area contributed by atoms with E-state index in [1.54, 1.807) is 13.1 Å². The standard InChI is InChI=1S/C12H19N3O3/c1-8(2)12(7-16)14-10-4-9(13-3)5-11(6-10)15(17)18/h4-6,8,12-14,16H,7H2,1-3H3/t12-/m1/s1. The average Bonchev–Trinajstić information content (AvgIpc) is 2.34. The van der Waals surface area contributed by atoms with E-state index in [0.717, 1.165) is 0 Å². The summed E-state index contributed by atoms with van der Waals surface area (Å²) < 4.78 is 0. The Labute approximate surface area is 106 Å². The van der Waals surface area contributed by atoms with Crippen LogP contribution >= 0.6 is 0 Å². The smallest absolute Gasteiger partial charge is 0.273 e. The number of aliphatic hydroxyl groups is 1. The maximum atomic E-state index is 10.8. The van der Waals surface area contributed by atoms with Crippen LogP contribution in [0.3, 0.4) is 0 Å². The van der Waals surface area contributed by atoms with Gasteiger partial charge in [0.05, 0.1) is 17.6 Å². The van der Waals surface area contributed by atoms with Crippen molar-refractivity contribution >= 4 is 17.1 Å². The number of nitro benzene ring substituents is 1. The molecule has 0 aromatic heterocycles. The van der Waals surface area contributed by atoms with Crippen LogP contribution < -0.4 is 10.6 Å². The fraction of sp³-hybridized carbons (Fsp3) is 0.500. The molecule has 18 heavy (non-hydrogen) atoms. The predicted octanol–water partition coefficient (Wildman–Crippen LogP) is 2.07. The van der Waals surface area contributed by atoms with Crippen molar-refractivity contribution in [2.45, 2.75) is 19.9 Å². The van der Waals surface area contributed by atoms with E-state index in [9.17, 15) is 15.2 Å². The zero-order chi connectivity index (χ0) is 13.7. The number of non-ortho nitro benzene ring substituents is 1. The number of nitro groups is 1. The highest BCUT2D eigenvalue weighted by Crippen LogP contribution is 2.25. The molecule has 100 valence electrons. The second-order valence-corrected chi connectivity index (χ2v) is 4.45. The van der Waals surface area contributed by atoms with Gasteiger partial charge in [0.15, 0.2) is 0 Å². The molecule has 0 aliphatic rings. The maximum Gasteiger partial charge on any atom is 0.273 e. The monoisotopic (exact) mass is 253 g/mol. The Kier molecular flexibility index (Phi) is 4.91. The highest BCUT2D eigenvalue weighted by atomic mass is 16.6. The quantitative estimate of drug-likeness (QED) is 0.533. The Bertz CT molecular complexity index is 421. The molecular formula is C12H19N3O3. The van der Waals surface area contributed by atoms with Crippen molar-refractivity contribution < 1.29 is 10.0 Å². The number of hydrogen-bond donors (Lipinski definition) is 3. The average molecular weight is 253 g/mol. The summed E-state index contributed by atoms with van der Waals surface area (Å²) >= 11 is 0. The minimum absolute atomic E-state index is 0.0183. The highest BCUT2D eigenvalue weighted by Gasteiger charge is 2.15. The number of nitrogens with zero attached hydrogens (tertiary/aromatic N) is 1.